The Kier molecular flexibility index (Phi) is 5.94. The summed E-state index contributed by atoms with van der Waals surface area (Å²) in [6.07, 6.45) is 1.92. The summed E-state index contributed by atoms with van der Waals surface area (Å²) in [4.78, 5) is -0.251. The monoisotopic (exact) mass is 520 g/mol. The maximum Gasteiger partial charge on any atom is 0.266 e. The standard InChI is InChI=1S/C23H22F2N4O6S/c1-32-17-5-4-15(34-16-11-23(24,25)12-16)10-20(17)36(30,31)28-22-21-18(33-2)8-14(9-19(21)35-27-22)13-29-7-3-6-26-29/h3-10,16H,11-13H2,1-2H3,(H,27,28). The topological polar surface area (TPSA) is 118 Å². The largest absolute Gasteiger partial charge is 0.496 e. The minimum absolute atomic E-state index is 0.0371. The summed E-state index contributed by atoms with van der Waals surface area (Å²) in [6.45, 7) is 0.442. The van der Waals surface area contributed by atoms with Crippen molar-refractivity contribution in [3.8, 4) is 17.2 Å². The predicted molar refractivity (Wildman–Crippen MR) is 124 cm³/mol. The number of nitrogens with zero attached hydrogens (tertiary/aromatic N) is 3. The summed E-state index contributed by atoms with van der Waals surface area (Å²) in [6, 6.07) is 9.33. The molecular weight excluding hydrogens is 498 g/mol. The third-order valence-electron chi connectivity index (χ3n) is 5.73. The molecule has 0 unspecified atom stereocenters. The first-order valence-electron chi connectivity index (χ1n) is 10.9. The molecule has 190 valence electrons. The minimum Gasteiger partial charge on any atom is -0.496 e. The van der Waals surface area contributed by atoms with E-state index in [-0.39, 0.29) is 22.2 Å². The van der Waals surface area contributed by atoms with E-state index in [2.05, 4.69) is 15.0 Å². The van der Waals surface area contributed by atoms with Gasteiger partial charge in [-0.25, -0.2) is 17.2 Å². The first-order valence-corrected chi connectivity index (χ1v) is 12.3. The lowest BCUT2D eigenvalue weighted by Crippen LogP contribution is -2.43. The number of benzene rings is 2. The van der Waals surface area contributed by atoms with Crippen LogP contribution in [0.2, 0.25) is 0 Å². The fourth-order valence-electron chi connectivity index (χ4n) is 4.00. The van der Waals surface area contributed by atoms with Gasteiger partial charge in [0.05, 0.1) is 20.8 Å². The van der Waals surface area contributed by atoms with Crippen LogP contribution in [0.3, 0.4) is 0 Å². The van der Waals surface area contributed by atoms with Gasteiger partial charge in [-0.15, -0.1) is 0 Å². The Labute approximate surface area is 204 Å². The molecule has 2 aromatic carbocycles. The molecule has 1 saturated carbocycles. The van der Waals surface area contributed by atoms with Crippen molar-refractivity contribution in [2.24, 2.45) is 0 Å². The summed E-state index contributed by atoms with van der Waals surface area (Å²) in [5, 5.41) is 8.39. The molecule has 36 heavy (non-hydrogen) atoms. The van der Waals surface area contributed by atoms with E-state index >= 15 is 0 Å². The number of rotatable bonds is 9. The van der Waals surface area contributed by atoms with Crippen LogP contribution >= 0.6 is 0 Å². The molecule has 0 aliphatic heterocycles. The Morgan fingerprint density at radius 2 is 1.94 bits per heavy atom. The number of hydrogen-bond acceptors (Lipinski definition) is 8. The number of alkyl halides is 2. The lowest BCUT2D eigenvalue weighted by atomic mass is 9.91. The average Bonchev–Trinajstić information content (AvgIpc) is 3.47. The molecule has 1 aliphatic carbocycles. The molecule has 1 aliphatic rings. The molecule has 2 aromatic heterocycles. The lowest BCUT2D eigenvalue weighted by Gasteiger charge is -2.34. The maximum absolute atomic E-state index is 13.3. The van der Waals surface area contributed by atoms with Crippen LogP contribution in [-0.4, -0.2) is 49.6 Å². The van der Waals surface area contributed by atoms with Crippen LogP contribution in [0.25, 0.3) is 11.0 Å². The molecule has 0 bridgehead atoms. The summed E-state index contributed by atoms with van der Waals surface area (Å²) >= 11 is 0. The zero-order valence-corrected chi connectivity index (χ0v) is 20.1. The molecule has 5 rings (SSSR count). The fourth-order valence-corrected chi connectivity index (χ4v) is 5.19. The summed E-state index contributed by atoms with van der Waals surface area (Å²) in [5.74, 6) is -2.33. The van der Waals surface area contributed by atoms with E-state index in [0.29, 0.717) is 23.3 Å². The Balaban J connectivity index is 1.44. The fraction of sp³-hybridized carbons (Fsp3) is 0.304. The number of aromatic nitrogens is 3. The number of anilines is 1. The molecule has 0 atom stereocenters. The van der Waals surface area contributed by atoms with Gasteiger partial charge in [-0.2, -0.15) is 5.10 Å². The second-order valence-electron chi connectivity index (χ2n) is 8.33. The van der Waals surface area contributed by atoms with Crippen molar-refractivity contribution in [3.63, 3.8) is 0 Å². The van der Waals surface area contributed by atoms with E-state index < -0.39 is 34.9 Å². The summed E-state index contributed by atoms with van der Waals surface area (Å²) in [7, 11) is -1.49. The van der Waals surface area contributed by atoms with Crippen LogP contribution in [0.1, 0.15) is 18.4 Å². The second-order valence-corrected chi connectivity index (χ2v) is 9.98. The Morgan fingerprint density at radius 3 is 2.61 bits per heavy atom. The summed E-state index contributed by atoms with van der Waals surface area (Å²) in [5.41, 5.74) is 1.12. The van der Waals surface area contributed by atoms with Crippen LogP contribution in [0.5, 0.6) is 17.2 Å². The van der Waals surface area contributed by atoms with Crippen LogP contribution in [0.15, 0.2) is 58.2 Å². The van der Waals surface area contributed by atoms with Crippen molar-refractivity contribution in [2.75, 3.05) is 18.9 Å². The van der Waals surface area contributed by atoms with Crippen LogP contribution < -0.4 is 18.9 Å². The van der Waals surface area contributed by atoms with Gasteiger partial charge in [0, 0.05) is 31.3 Å². The van der Waals surface area contributed by atoms with Crippen molar-refractivity contribution < 1.29 is 35.9 Å². The average molecular weight is 521 g/mol. The van der Waals surface area contributed by atoms with Gasteiger partial charge in [0.25, 0.3) is 15.9 Å². The molecule has 10 nitrogen and oxygen atoms in total. The normalized spacial score (nSPS) is 15.4. The number of sulfonamides is 1. The predicted octanol–water partition coefficient (Wildman–Crippen LogP) is 4.07. The molecule has 13 heteroatoms. The Morgan fingerprint density at radius 1 is 1.17 bits per heavy atom. The zero-order chi connectivity index (χ0) is 25.5. The van der Waals surface area contributed by atoms with Gasteiger partial charge in [0.2, 0.25) is 0 Å². The van der Waals surface area contributed by atoms with E-state index in [0.717, 1.165) is 5.56 Å². The van der Waals surface area contributed by atoms with Crippen LogP contribution in [-0.2, 0) is 16.6 Å². The Hall–Kier alpha value is -3.87. The van der Waals surface area contributed by atoms with E-state index in [4.69, 9.17) is 18.7 Å². The first-order chi connectivity index (χ1) is 17.2. The number of fused-ring (bicyclic) bond motifs is 1. The highest BCUT2D eigenvalue weighted by molar-refractivity contribution is 7.92. The van der Waals surface area contributed by atoms with E-state index in [1.165, 1.54) is 32.4 Å². The van der Waals surface area contributed by atoms with E-state index in [9.17, 15) is 17.2 Å². The van der Waals surface area contributed by atoms with Gasteiger partial charge in [0.1, 0.15) is 33.6 Å². The smallest absolute Gasteiger partial charge is 0.266 e. The van der Waals surface area contributed by atoms with Crippen molar-refractivity contribution in [2.45, 2.75) is 36.3 Å². The van der Waals surface area contributed by atoms with E-state index in [1.807, 2.05) is 0 Å². The minimum atomic E-state index is -4.26. The SMILES string of the molecule is COc1ccc(OC2CC(F)(F)C2)cc1S(=O)(=O)Nc1noc2cc(Cn3cccn3)cc(OC)c12. The van der Waals surface area contributed by atoms with Gasteiger partial charge in [-0.1, -0.05) is 5.16 Å². The van der Waals surface area contributed by atoms with Crippen molar-refractivity contribution in [1.29, 1.82) is 0 Å². The van der Waals surface area contributed by atoms with Crippen molar-refractivity contribution in [1.82, 2.24) is 14.9 Å². The van der Waals surface area contributed by atoms with Gasteiger partial charge < -0.3 is 18.7 Å². The third-order valence-corrected chi connectivity index (χ3v) is 7.09. The van der Waals surface area contributed by atoms with Crippen molar-refractivity contribution in [3.05, 3.63) is 54.4 Å². The zero-order valence-electron chi connectivity index (χ0n) is 19.3. The molecule has 0 spiro atoms. The molecular formula is C23H22F2N4O6S. The highest BCUT2D eigenvalue weighted by Gasteiger charge is 2.47. The quantitative estimate of drug-likeness (QED) is 0.351. The molecule has 0 radical (unpaired) electrons. The number of methoxy groups -OCH3 is 2. The summed E-state index contributed by atoms with van der Waals surface area (Å²) < 4.78 is 78.7. The highest BCUT2D eigenvalue weighted by Crippen LogP contribution is 2.41. The third kappa shape index (κ3) is 4.65. The van der Waals surface area contributed by atoms with Gasteiger partial charge in [-0.3, -0.25) is 9.40 Å². The maximum atomic E-state index is 13.3. The Bertz CT molecular complexity index is 1500. The highest BCUT2D eigenvalue weighted by atomic mass is 32.2. The van der Waals surface area contributed by atoms with Crippen LogP contribution in [0, 0.1) is 0 Å². The van der Waals surface area contributed by atoms with E-state index in [1.54, 1.807) is 35.3 Å². The molecule has 0 saturated heterocycles. The number of ether oxygens (including phenoxy) is 3. The van der Waals surface area contributed by atoms with Gasteiger partial charge in [-0.05, 0) is 35.9 Å². The van der Waals surface area contributed by atoms with Crippen molar-refractivity contribution >= 4 is 26.8 Å². The molecule has 1 fully saturated rings. The van der Waals surface area contributed by atoms with Gasteiger partial charge >= 0.3 is 0 Å². The number of nitrogens with one attached hydrogen (secondary N) is 1. The van der Waals surface area contributed by atoms with Gasteiger partial charge in [0.15, 0.2) is 11.4 Å². The number of halogens is 2. The first kappa shape index (κ1) is 23.9. The molecule has 0 amide bonds. The van der Waals surface area contributed by atoms with Crippen LogP contribution in [0.4, 0.5) is 14.6 Å². The number of hydrogen-bond donors (Lipinski definition) is 1. The molecule has 4 aromatic rings. The molecule has 1 N–H and O–H groups in total. The molecule has 2 heterocycles. The second kappa shape index (κ2) is 8.97. The lowest BCUT2D eigenvalue weighted by molar-refractivity contribution is -0.134.